The third-order valence-electron chi connectivity index (χ3n) is 5.20. The van der Waals surface area contributed by atoms with Gasteiger partial charge in [0, 0.05) is 44.8 Å². The fourth-order valence-electron chi connectivity index (χ4n) is 3.39. The molecule has 2 aromatic rings. The van der Waals surface area contributed by atoms with Gasteiger partial charge in [-0.25, -0.2) is 13.2 Å². The van der Waals surface area contributed by atoms with Crippen molar-refractivity contribution in [3.8, 4) is 17.1 Å². The van der Waals surface area contributed by atoms with Crippen LogP contribution in [-0.2, 0) is 9.84 Å². The molecule has 1 aromatic carbocycles. The van der Waals surface area contributed by atoms with Gasteiger partial charge in [-0.15, -0.1) is 0 Å². The molecule has 0 atom stereocenters. The number of carbonyl (C=O) groups excluding carboxylic acids is 1. The number of rotatable bonds is 3. The van der Waals surface area contributed by atoms with Crippen LogP contribution in [0.5, 0.6) is 5.75 Å². The highest BCUT2D eigenvalue weighted by Gasteiger charge is 2.31. The zero-order valence-corrected chi connectivity index (χ0v) is 17.0. The fraction of sp³-hybridized carbons (Fsp3) is 0.500. The molecule has 2 fully saturated rings. The van der Waals surface area contributed by atoms with Gasteiger partial charge in [0.05, 0.1) is 18.6 Å². The number of aromatic nitrogens is 2. The first-order valence-electron chi connectivity index (χ1n) is 9.42. The summed E-state index contributed by atoms with van der Waals surface area (Å²) in [7, 11) is -1.39. The molecule has 1 aromatic heterocycles. The van der Waals surface area contributed by atoms with Crippen LogP contribution in [0, 0.1) is 0 Å². The highest BCUT2D eigenvalue weighted by Crippen LogP contribution is 2.23. The topological polar surface area (TPSA) is 109 Å². The second-order valence-corrected chi connectivity index (χ2v) is 9.33. The van der Waals surface area contributed by atoms with Crippen molar-refractivity contribution in [2.75, 3.05) is 62.8 Å². The number of amides is 2. The normalized spacial score (nSPS) is 19.3. The molecule has 0 bridgehead atoms. The molecular formula is C18H23N5O5S. The van der Waals surface area contributed by atoms with Crippen LogP contribution in [0.4, 0.5) is 10.8 Å². The van der Waals surface area contributed by atoms with Crippen molar-refractivity contribution in [2.45, 2.75) is 0 Å². The van der Waals surface area contributed by atoms with Crippen molar-refractivity contribution in [3.05, 3.63) is 24.3 Å². The summed E-state index contributed by atoms with van der Waals surface area (Å²) < 4.78 is 33.6. The standard InChI is InChI=1S/C18H23N5O5S/c1-27-15-4-2-14(3-5-15)16-19-17(28-20-16)21-6-8-22(9-7-21)18(24)23-10-12-29(25,26)13-11-23/h2-5H,6-13H2,1H3. The minimum atomic E-state index is -3.00. The van der Waals surface area contributed by atoms with Gasteiger partial charge in [0.2, 0.25) is 5.82 Å². The number of methoxy groups -OCH3 is 1. The van der Waals surface area contributed by atoms with Crippen molar-refractivity contribution in [1.29, 1.82) is 0 Å². The first-order valence-corrected chi connectivity index (χ1v) is 11.2. The highest BCUT2D eigenvalue weighted by atomic mass is 32.2. The first-order chi connectivity index (χ1) is 13.9. The Kier molecular flexibility index (Phi) is 5.31. The second kappa shape index (κ2) is 7.90. The Morgan fingerprint density at radius 2 is 1.62 bits per heavy atom. The van der Waals surface area contributed by atoms with Crippen LogP contribution in [-0.4, -0.2) is 92.3 Å². The van der Waals surface area contributed by atoms with E-state index in [1.807, 2.05) is 29.2 Å². The Bertz CT molecular complexity index is 953. The Labute approximate surface area is 168 Å². The quantitative estimate of drug-likeness (QED) is 0.713. The van der Waals surface area contributed by atoms with Crippen molar-refractivity contribution in [1.82, 2.24) is 19.9 Å². The van der Waals surface area contributed by atoms with Crippen molar-refractivity contribution < 1.29 is 22.5 Å². The molecule has 0 saturated carbocycles. The van der Waals surface area contributed by atoms with Crippen molar-refractivity contribution in [2.24, 2.45) is 0 Å². The van der Waals surface area contributed by atoms with E-state index in [4.69, 9.17) is 9.26 Å². The van der Waals surface area contributed by atoms with Crippen LogP contribution >= 0.6 is 0 Å². The van der Waals surface area contributed by atoms with Crippen LogP contribution in [0.15, 0.2) is 28.8 Å². The minimum absolute atomic E-state index is 0.0365. The molecule has 3 heterocycles. The zero-order valence-electron chi connectivity index (χ0n) is 16.2. The molecule has 0 N–H and O–H groups in total. The van der Waals surface area contributed by atoms with Gasteiger partial charge in [-0.3, -0.25) is 0 Å². The SMILES string of the molecule is COc1ccc(-c2noc(N3CCN(C(=O)N4CCS(=O)(=O)CC4)CC3)n2)cc1. The predicted octanol–water partition coefficient (Wildman–Crippen LogP) is 0.718. The van der Waals surface area contributed by atoms with Gasteiger partial charge in [0.25, 0.3) is 0 Å². The van der Waals surface area contributed by atoms with Gasteiger partial charge in [-0.2, -0.15) is 4.98 Å². The maximum atomic E-state index is 12.6. The average Bonchev–Trinajstić information content (AvgIpc) is 3.24. The maximum Gasteiger partial charge on any atom is 0.324 e. The Morgan fingerprint density at radius 3 is 2.24 bits per heavy atom. The molecule has 29 heavy (non-hydrogen) atoms. The summed E-state index contributed by atoms with van der Waals surface area (Å²) in [5, 5.41) is 4.04. The van der Waals surface area contributed by atoms with E-state index in [0.717, 1.165) is 11.3 Å². The van der Waals surface area contributed by atoms with E-state index >= 15 is 0 Å². The highest BCUT2D eigenvalue weighted by molar-refractivity contribution is 7.91. The van der Waals surface area contributed by atoms with Gasteiger partial charge >= 0.3 is 12.0 Å². The number of anilines is 1. The smallest absolute Gasteiger partial charge is 0.324 e. The summed E-state index contributed by atoms with van der Waals surface area (Å²) in [4.78, 5) is 22.4. The molecule has 156 valence electrons. The molecule has 0 unspecified atom stereocenters. The third-order valence-corrected chi connectivity index (χ3v) is 6.81. The van der Waals surface area contributed by atoms with Gasteiger partial charge < -0.3 is 24.0 Å². The predicted molar refractivity (Wildman–Crippen MR) is 106 cm³/mol. The zero-order chi connectivity index (χ0) is 20.4. The summed E-state index contributed by atoms with van der Waals surface area (Å²) >= 11 is 0. The van der Waals surface area contributed by atoms with Crippen LogP contribution in [0.2, 0.25) is 0 Å². The summed E-state index contributed by atoms with van der Waals surface area (Å²) in [5.74, 6) is 1.32. The summed E-state index contributed by atoms with van der Waals surface area (Å²) in [6.07, 6.45) is 0. The molecule has 10 nitrogen and oxygen atoms in total. The van der Waals surface area contributed by atoms with E-state index in [-0.39, 0.29) is 30.6 Å². The lowest BCUT2D eigenvalue weighted by atomic mass is 10.2. The van der Waals surface area contributed by atoms with E-state index in [0.29, 0.717) is 38.0 Å². The number of ether oxygens (including phenoxy) is 1. The van der Waals surface area contributed by atoms with Gasteiger partial charge in [-0.05, 0) is 24.3 Å². The van der Waals surface area contributed by atoms with Crippen LogP contribution in [0.1, 0.15) is 0 Å². The largest absolute Gasteiger partial charge is 0.497 e. The van der Waals surface area contributed by atoms with Crippen LogP contribution in [0.3, 0.4) is 0 Å². The van der Waals surface area contributed by atoms with Gasteiger partial charge in [0.1, 0.15) is 5.75 Å². The molecule has 2 amide bonds. The number of hydrogen-bond acceptors (Lipinski definition) is 8. The molecular weight excluding hydrogens is 398 g/mol. The lowest BCUT2D eigenvalue weighted by molar-refractivity contribution is 0.152. The van der Waals surface area contributed by atoms with Gasteiger partial charge in [-0.1, -0.05) is 5.16 Å². The molecule has 0 spiro atoms. The molecule has 2 aliphatic heterocycles. The monoisotopic (exact) mass is 421 g/mol. The Hall–Kier alpha value is -2.82. The van der Waals surface area contributed by atoms with Crippen LogP contribution < -0.4 is 9.64 Å². The number of hydrogen-bond donors (Lipinski definition) is 0. The number of piperazine rings is 1. The number of carbonyl (C=O) groups is 1. The van der Waals surface area contributed by atoms with E-state index in [9.17, 15) is 13.2 Å². The lowest BCUT2D eigenvalue weighted by Crippen LogP contribution is -2.55. The molecule has 2 saturated heterocycles. The number of urea groups is 1. The minimum Gasteiger partial charge on any atom is -0.497 e. The third kappa shape index (κ3) is 4.29. The summed E-state index contributed by atoms with van der Waals surface area (Å²) in [6.45, 7) is 2.70. The molecule has 0 aliphatic carbocycles. The fourth-order valence-corrected chi connectivity index (χ4v) is 4.60. The second-order valence-electron chi connectivity index (χ2n) is 7.02. The molecule has 4 rings (SSSR count). The lowest BCUT2D eigenvalue weighted by Gasteiger charge is -2.37. The Morgan fingerprint density at radius 1 is 1.00 bits per heavy atom. The van der Waals surface area contributed by atoms with E-state index in [2.05, 4.69) is 10.1 Å². The van der Waals surface area contributed by atoms with E-state index in [1.165, 1.54) is 0 Å². The van der Waals surface area contributed by atoms with Crippen molar-refractivity contribution in [3.63, 3.8) is 0 Å². The van der Waals surface area contributed by atoms with Gasteiger partial charge in [0.15, 0.2) is 9.84 Å². The van der Waals surface area contributed by atoms with E-state index in [1.54, 1.807) is 16.9 Å². The number of sulfone groups is 1. The molecule has 0 radical (unpaired) electrons. The molecule has 11 heteroatoms. The van der Waals surface area contributed by atoms with E-state index < -0.39 is 9.84 Å². The molecule has 2 aliphatic rings. The average molecular weight is 421 g/mol. The Balaban J connectivity index is 1.34. The van der Waals surface area contributed by atoms with Crippen LogP contribution in [0.25, 0.3) is 11.4 Å². The summed E-state index contributed by atoms with van der Waals surface area (Å²) in [5.41, 5.74) is 0.828. The first kappa shape index (κ1) is 19.5. The number of nitrogens with zero attached hydrogens (tertiary/aromatic N) is 5. The van der Waals surface area contributed by atoms with Crippen molar-refractivity contribution >= 4 is 21.9 Å². The summed E-state index contributed by atoms with van der Waals surface area (Å²) in [6, 6.07) is 7.71. The number of benzene rings is 1. The maximum absolute atomic E-state index is 12.6.